The Labute approximate surface area is 222 Å². The fraction of sp³-hybridized carbons (Fsp3) is 0.393. The first-order chi connectivity index (χ1) is 17.1. The molecule has 0 saturated carbocycles. The largest absolute Gasteiger partial charge is 0.355 e. The number of benzene rings is 2. The topological polar surface area (TPSA) is 67.2 Å². The third kappa shape index (κ3) is 5.32. The minimum absolute atomic E-state index is 0.0597. The Balaban J connectivity index is 2.02. The van der Waals surface area contributed by atoms with Crippen molar-refractivity contribution < 1.29 is 9.59 Å². The van der Waals surface area contributed by atoms with Gasteiger partial charge in [0.2, 0.25) is 11.8 Å². The van der Waals surface area contributed by atoms with Crippen LogP contribution >= 0.6 is 23.4 Å². The number of anilines is 1. The summed E-state index contributed by atoms with van der Waals surface area (Å²) in [6.07, 6.45) is 0.826. The van der Waals surface area contributed by atoms with Crippen LogP contribution in [-0.2, 0) is 15.0 Å². The minimum atomic E-state index is -0.307. The molecule has 0 radical (unpaired) electrons. The number of amides is 2. The molecule has 0 fully saturated rings. The van der Waals surface area contributed by atoms with Gasteiger partial charge < -0.3 is 5.32 Å². The maximum absolute atomic E-state index is 13.6. The summed E-state index contributed by atoms with van der Waals surface area (Å²) in [5.41, 5.74) is 4.46. The van der Waals surface area contributed by atoms with Crippen molar-refractivity contribution in [3.05, 3.63) is 75.9 Å². The zero-order chi connectivity index (χ0) is 26.0. The number of hydrogen-bond donors (Lipinski definition) is 1. The van der Waals surface area contributed by atoms with Crippen molar-refractivity contribution in [1.82, 2.24) is 15.1 Å². The van der Waals surface area contributed by atoms with E-state index in [0.29, 0.717) is 17.4 Å². The van der Waals surface area contributed by atoms with Gasteiger partial charge in [-0.3, -0.25) is 14.5 Å². The number of nitrogens with one attached hydrogen (secondary N) is 1. The van der Waals surface area contributed by atoms with Gasteiger partial charge in [0, 0.05) is 22.5 Å². The standard InChI is InChI=1S/C28H33ClN4O2S/c1-6-14-30-22(34)16-32-23(35)17-36-25(19-11-9-12-20(29)15-19)24-26(28(3,4)5)31-33(27(24)32)21-13-8-7-10-18(21)2/h7-13,15,25H,6,14,16-17H2,1-5H3,(H,30,34)/t25-/m0/s1. The molecule has 8 heteroatoms. The first-order valence-corrected chi connectivity index (χ1v) is 13.7. The van der Waals surface area contributed by atoms with Crippen LogP contribution in [0.5, 0.6) is 0 Å². The van der Waals surface area contributed by atoms with E-state index in [1.807, 2.05) is 67.1 Å². The fourth-order valence-electron chi connectivity index (χ4n) is 4.44. The molecule has 0 unspecified atom stereocenters. The van der Waals surface area contributed by atoms with E-state index in [1.54, 1.807) is 16.7 Å². The van der Waals surface area contributed by atoms with Gasteiger partial charge in [-0.05, 0) is 42.7 Å². The number of carbonyl (C=O) groups is 2. The van der Waals surface area contributed by atoms with Crippen LogP contribution in [0.15, 0.2) is 48.5 Å². The Morgan fingerprint density at radius 2 is 1.94 bits per heavy atom. The van der Waals surface area contributed by atoms with Gasteiger partial charge in [-0.15, -0.1) is 11.8 Å². The van der Waals surface area contributed by atoms with Gasteiger partial charge in [0.15, 0.2) is 0 Å². The lowest BCUT2D eigenvalue weighted by molar-refractivity contribution is -0.122. The second-order valence-corrected chi connectivity index (χ2v) is 11.6. The molecule has 1 N–H and O–H groups in total. The monoisotopic (exact) mass is 524 g/mol. The van der Waals surface area contributed by atoms with E-state index in [9.17, 15) is 9.59 Å². The van der Waals surface area contributed by atoms with Gasteiger partial charge in [0.25, 0.3) is 0 Å². The average Bonchev–Trinajstić information content (AvgIpc) is 3.16. The van der Waals surface area contributed by atoms with Crippen molar-refractivity contribution in [3.8, 4) is 5.69 Å². The summed E-state index contributed by atoms with van der Waals surface area (Å²) in [5.74, 6) is 0.593. The summed E-state index contributed by atoms with van der Waals surface area (Å²) in [6, 6.07) is 15.8. The molecule has 1 aromatic heterocycles. The zero-order valence-electron chi connectivity index (χ0n) is 21.5. The highest BCUT2D eigenvalue weighted by molar-refractivity contribution is 8.00. The average molecular weight is 525 g/mol. The van der Waals surface area contributed by atoms with Gasteiger partial charge in [-0.1, -0.05) is 69.6 Å². The maximum Gasteiger partial charge on any atom is 0.240 e. The normalized spacial score (nSPS) is 16.0. The lowest BCUT2D eigenvalue weighted by Crippen LogP contribution is -2.42. The maximum atomic E-state index is 13.6. The number of rotatable bonds is 6. The van der Waals surface area contributed by atoms with E-state index in [4.69, 9.17) is 16.7 Å². The Hall–Kier alpha value is -2.77. The lowest BCUT2D eigenvalue weighted by atomic mass is 9.87. The summed E-state index contributed by atoms with van der Waals surface area (Å²) in [7, 11) is 0. The zero-order valence-corrected chi connectivity index (χ0v) is 23.0. The molecule has 1 aliphatic rings. The van der Waals surface area contributed by atoms with Crippen LogP contribution < -0.4 is 10.2 Å². The summed E-state index contributed by atoms with van der Waals surface area (Å²) < 4.78 is 1.86. The summed E-state index contributed by atoms with van der Waals surface area (Å²) in [4.78, 5) is 28.1. The molecule has 36 heavy (non-hydrogen) atoms. The quantitative estimate of drug-likeness (QED) is 0.440. The molecule has 0 aliphatic carbocycles. The molecule has 0 bridgehead atoms. The van der Waals surface area contributed by atoms with Crippen LogP contribution in [0, 0.1) is 6.92 Å². The number of aromatic nitrogens is 2. The SMILES string of the molecule is CCCNC(=O)CN1C(=O)CS[C@@H](c2cccc(Cl)c2)c2c(C(C)(C)C)nn(-c3ccccc3C)c21. The molecular formula is C28H33ClN4O2S. The van der Waals surface area contributed by atoms with Crippen LogP contribution in [0.1, 0.15) is 61.7 Å². The number of hydrogen-bond acceptors (Lipinski definition) is 4. The molecule has 3 aromatic rings. The van der Waals surface area contributed by atoms with Crippen LogP contribution in [0.3, 0.4) is 0 Å². The van der Waals surface area contributed by atoms with Gasteiger partial charge in [-0.25, -0.2) is 4.68 Å². The molecule has 0 spiro atoms. The van der Waals surface area contributed by atoms with E-state index in [2.05, 4.69) is 26.1 Å². The van der Waals surface area contributed by atoms with Gasteiger partial charge >= 0.3 is 0 Å². The minimum Gasteiger partial charge on any atom is -0.355 e. The van der Waals surface area contributed by atoms with Gasteiger partial charge in [0.05, 0.1) is 22.4 Å². The van der Waals surface area contributed by atoms with Crippen LogP contribution in [-0.4, -0.2) is 40.4 Å². The van der Waals surface area contributed by atoms with Crippen molar-refractivity contribution in [3.63, 3.8) is 0 Å². The molecule has 1 atom stereocenters. The van der Waals surface area contributed by atoms with Crippen LogP contribution in [0.25, 0.3) is 5.69 Å². The van der Waals surface area contributed by atoms with Crippen molar-refractivity contribution in [2.24, 2.45) is 0 Å². The molecule has 0 saturated heterocycles. The number of nitrogens with zero attached hydrogens (tertiary/aromatic N) is 3. The second kappa shape index (κ2) is 10.7. The molecular weight excluding hydrogens is 492 g/mol. The highest BCUT2D eigenvalue weighted by Crippen LogP contribution is 2.48. The lowest BCUT2D eigenvalue weighted by Gasteiger charge is -2.25. The molecule has 6 nitrogen and oxygen atoms in total. The smallest absolute Gasteiger partial charge is 0.240 e. The van der Waals surface area contributed by atoms with Crippen molar-refractivity contribution in [2.75, 3.05) is 23.7 Å². The summed E-state index contributed by atoms with van der Waals surface area (Å²) in [5, 5.41) is 8.53. The third-order valence-electron chi connectivity index (χ3n) is 6.17. The molecule has 2 aromatic carbocycles. The number of thioether (sulfide) groups is 1. The first-order valence-electron chi connectivity index (χ1n) is 12.2. The Bertz CT molecular complexity index is 1280. The molecule has 190 valence electrons. The fourth-order valence-corrected chi connectivity index (χ4v) is 5.83. The third-order valence-corrected chi connectivity index (χ3v) is 7.66. The van der Waals surface area contributed by atoms with Gasteiger partial charge in [-0.2, -0.15) is 5.10 Å². The number of carbonyl (C=O) groups excluding carboxylic acids is 2. The highest BCUT2D eigenvalue weighted by Gasteiger charge is 2.40. The van der Waals surface area contributed by atoms with E-state index in [-0.39, 0.29) is 34.8 Å². The Kier molecular flexibility index (Phi) is 7.81. The van der Waals surface area contributed by atoms with Crippen LogP contribution in [0.2, 0.25) is 5.02 Å². The van der Waals surface area contributed by atoms with Crippen molar-refractivity contribution >= 4 is 41.0 Å². The summed E-state index contributed by atoms with van der Waals surface area (Å²) in [6.45, 7) is 10.9. The number of halogens is 1. The Morgan fingerprint density at radius 1 is 1.19 bits per heavy atom. The number of fused-ring (bicyclic) bond motifs is 1. The van der Waals surface area contributed by atoms with E-state index < -0.39 is 0 Å². The van der Waals surface area contributed by atoms with Crippen molar-refractivity contribution in [2.45, 2.75) is 51.7 Å². The predicted molar refractivity (Wildman–Crippen MR) is 148 cm³/mol. The predicted octanol–water partition coefficient (Wildman–Crippen LogP) is 5.83. The Morgan fingerprint density at radius 3 is 2.61 bits per heavy atom. The van der Waals surface area contributed by atoms with Crippen LogP contribution in [0.4, 0.5) is 5.82 Å². The first kappa shape index (κ1) is 26.3. The molecule has 2 heterocycles. The second-order valence-electron chi connectivity index (χ2n) is 10.1. The van der Waals surface area contributed by atoms with E-state index in [1.165, 1.54) is 0 Å². The van der Waals surface area contributed by atoms with Gasteiger partial charge in [0.1, 0.15) is 12.4 Å². The number of para-hydroxylation sites is 1. The molecule has 4 rings (SSSR count). The summed E-state index contributed by atoms with van der Waals surface area (Å²) >= 11 is 7.95. The van der Waals surface area contributed by atoms with E-state index in [0.717, 1.165) is 34.5 Å². The van der Waals surface area contributed by atoms with E-state index >= 15 is 0 Å². The molecule has 1 aliphatic heterocycles. The highest BCUT2D eigenvalue weighted by atomic mass is 35.5. The number of aryl methyl sites for hydroxylation is 1. The van der Waals surface area contributed by atoms with Crippen molar-refractivity contribution in [1.29, 1.82) is 0 Å². The molecule has 2 amide bonds.